The van der Waals surface area contributed by atoms with Crippen molar-refractivity contribution >= 4 is 43.6 Å². The molecule has 1 N–H and O–H groups in total. The number of hydrogen-bond donors (Lipinski definition) is 1. The summed E-state index contributed by atoms with van der Waals surface area (Å²) in [7, 11) is 1.56. The highest BCUT2D eigenvalue weighted by Crippen LogP contribution is 2.34. The molecule has 0 saturated carbocycles. The Kier molecular flexibility index (Phi) is 5.08. The van der Waals surface area contributed by atoms with Crippen molar-refractivity contribution in [3.63, 3.8) is 0 Å². The summed E-state index contributed by atoms with van der Waals surface area (Å²) in [6.07, 6.45) is -0.493. The molecule has 4 nitrogen and oxygen atoms in total. The molecule has 0 unspecified atom stereocenters. The SMILES string of the molecule is CCOC(=O)Nc1cc(OC)c(Br)cc1Br. The predicted octanol–water partition coefficient (Wildman–Crippen LogP) is 3.79. The minimum Gasteiger partial charge on any atom is -0.495 e. The molecule has 0 aliphatic heterocycles. The van der Waals surface area contributed by atoms with E-state index in [9.17, 15) is 4.79 Å². The number of hydrogen-bond acceptors (Lipinski definition) is 3. The molecule has 0 aromatic heterocycles. The molecule has 1 aromatic carbocycles. The molecule has 0 aliphatic carbocycles. The molecule has 16 heavy (non-hydrogen) atoms. The first-order chi connectivity index (χ1) is 7.58. The Bertz CT molecular complexity index is 396. The first-order valence-corrected chi connectivity index (χ1v) is 6.14. The zero-order valence-corrected chi connectivity index (χ0v) is 12.0. The van der Waals surface area contributed by atoms with Gasteiger partial charge in [-0.3, -0.25) is 5.32 Å². The van der Waals surface area contributed by atoms with Gasteiger partial charge in [0.2, 0.25) is 0 Å². The van der Waals surface area contributed by atoms with Crippen LogP contribution in [-0.4, -0.2) is 19.8 Å². The molecule has 0 atom stereocenters. The summed E-state index contributed by atoms with van der Waals surface area (Å²) in [5.74, 6) is 0.634. The lowest BCUT2D eigenvalue weighted by Crippen LogP contribution is -2.13. The van der Waals surface area contributed by atoms with Gasteiger partial charge in [-0.15, -0.1) is 0 Å². The molecule has 0 saturated heterocycles. The van der Waals surface area contributed by atoms with Gasteiger partial charge in [0.05, 0.1) is 23.9 Å². The van der Waals surface area contributed by atoms with Crippen LogP contribution in [0.25, 0.3) is 0 Å². The number of amides is 1. The Balaban J connectivity index is 2.91. The first kappa shape index (κ1) is 13.3. The molecule has 6 heteroatoms. The minimum absolute atomic E-state index is 0.330. The van der Waals surface area contributed by atoms with Gasteiger partial charge in [0.1, 0.15) is 5.75 Å². The summed E-state index contributed by atoms with van der Waals surface area (Å²) in [6, 6.07) is 3.49. The monoisotopic (exact) mass is 351 g/mol. The molecule has 0 spiro atoms. The Morgan fingerprint density at radius 2 is 2.06 bits per heavy atom. The zero-order chi connectivity index (χ0) is 12.1. The maximum absolute atomic E-state index is 11.2. The van der Waals surface area contributed by atoms with E-state index in [-0.39, 0.29) is 0 Å². The summed E-state index contributed by atoms with van der Waals surface area (Å²) in [5, 5.41) is 2.60. The van der Waals surface area contributed by atoms with Gasteiger partial charge in [0, 0.05) is 10.5 Å². The van der Waals surface area contributed by atoms with Crippen LogP contribution in [-0.2, 0) is 4.74 Å². The number of nitrogens with one attached hydrogen (secondary N) is 1. The van der Waals surface area contributed by atoms with E-state index in [4.69, 9.17) is 9.47 Å². The smallest absolute Gasteiger partial charge is 0.411 e. The average molecular weight is 353 g/mol. The molecule has 0 bridgehead atoms. The molecule has 0 heterocycles. The van der Waals surface area contributed by atoms with Gasteiger partial charge in [-0.2, -0.15) is 0 Å². The molecule has 0 radical (unpaired) electrons. The van der Waals surface area contributed by atoms with Crippen LogP contribution >= 0.6 is 31.9 Å². The number of anilines is 1. The Labute approximate surface area is 111 Å². The third-order valence-corrected chi connectivity index (χ3v) is 3.03. The van der Waals surface area contributed by atoms with Gasteiger partial charge in [-0.05, 0) is 44.8 Å². The van der Waals surface area contributed by atoms with Crippen LogP contribution in [0.5, 0.6) is 5.75 Å². The van der Waals surface area contributed by atoms with Crippen molar-refractivity contribution in [1.29, 1.82) is 0 Å². The topological polar surface area (TPSA) is 47.6 Å². The highest BCUT2D eigenvalue weighted by atomic mass is 79.9. The Morgan fingerprint density at radius 1 is 1.38 bits per heavy atom. The van der Waals surface area contributed by atoms with Crippen LogP contribution in [0.15, 0.2) is 21.1 Å². The van der Waals surface area contributed by atoms with Gasteiger partial charge in [-0.25, -0.2) is 4.79 Å². The number of halogens is 2. The van der Waals surface area contributed by atoms with E-state index < -0.39 is 6.09 Å². The number of rotatable bonds is 3. The third-order valence-electron chi connectivity index (χ3n) is 1.75. The van der Waals surface area contributed by atoms with Crippen LogP contribution in [0.4, 0.5) is 10.5 Å². The number of methoxy groups -OCH3 is 1. The summed E-state index contributed by atoms with van der Waals surface area (Å²) in [6.45, 7) is 2.08. The average Bonchev–Trinajstić information content (AvgIpc) is 2.22. The van der Waals surface area contributed by atoms with Crippen molar-refractivity contribution in [1.82, 2.24) is 0 Å². The van der Waals surface area contributed by atoms with E-state index in [0.717, 1.165) is 8.95 Å². The van der Waals surface area contributed by atoms with Gasteiger partial charge in [-0.1, -0.05) is 0 Å². The Morgan fingerprint density at radius 3 is 2.62 bits per heavy atom. The van der Waals surface area contributed by atoms with Crippen molar-refractivity contribution in [3.8, 4) is 5.75 Å². The predicted molar refractivity (Wildman–Crippen MR) is 69.0 cm³/mol. The highest BCUT2D eigenvalue weighted by Gasteiger charge is 2.10. The van der Waals surface area contributed by atoms with Crippen molar-refractivity contribution in [3.05, 3.63) is 21.1 Å². The fraction of sp³-hybridized carbons (Fsp3) is 0.300. The Hall–Kier alpha value is -0.750. The van der Waals surface area contributed by atoms with Crippen LogP contribution in [0.1, 0.15) is 6.92 Å². The van der Waals surface area contributed by atoms with E-state index >= 15 is 0 Å². The molecule has 1 aromatic rings. The lowest BCUT2D eigenvalue weighted by molar-refractivity contribution is 0.168. The molecule has 1 rings (SSSR count). The van der Waals surface area contributed by atoms with Gasteiger partial charge in [0.15, 0.2) is 0 Å². The van der Waals surface area contributed by atoms with Gasteiger partial charge in [0.25, 0.3) is 0 Å². The van der Waals surface area contributed by atoms with Gasteiger partial charge < -0.3 is 9.47 Å². The molecule has 1 amide bonds. The number of carbonyl (C=O) groups excluding carboxylic acids is 1. The van der Waals surface area contributed by atoms with E-state index in [0.29, 0.717) is 18.0 Å². The van der Waals surface area contributed by atoms with E-state index in [1.165, 1.54) is 0 Å². The fourth-order valence-electron chi connectivity index (χ4n) is 1.06. The second-order valence-corrected chi connectivity index (χ2v) is 4.52. The maximum Gasteiger partial charge on any atom is 0.411 e. The van der Waals surface area contributed by atoms with Crippen molar-refractivity contribution < 1.29 is 14.3 Å². The maximum atomic E-state index is 11.2. The van der Waals surface area contributed by atoms with E-state index in [1.807, 2.05) is 0 Å². The lowest BCUT2D eigenvalue weighted by Gasteiger charge is -2.10. The van der Waals surface area contributed by atoms with Crippen LogP contribution in [0.3, 0.4) is 0 Å². The second kappa shape index (κ2) is 6.10. The van der Waals surface area contributed by atoms with Crippen LogP contribution < -0.4 is 10.1 Å². The summed E-state index contributed by atoms with van der Waals surface area (Å²) in [4.78, 5) is 11.2. The number of carbonyl (C=O) groups is 1. The molecule has 0 fully saturated rings. The molecular formula is C10H11Br2NO3. The van der Waals surface area contributed by atoms with Crippen molar-refractivity contribution in [2.24, 2.45) is 0 Å². The summed E-state index contributed by atoms with van der Waals surface area (Å²) < 4.78 is 11.4. The largest absolute Gasteiger partial charge is 0.495 e. The third kappa shape index (κ3) is 3.38. The summed E-state index contributed by atoms with van der Waals surface area (Å²) in [5.41, 5.74) is 0.596. The van der Waals surface area contributed by atoms with E-state index in [2.05, 4.69) is 37.2 Å². The normalized spacial score (nSPS) is 9.75. The highest BCUT2D eigenvalue weighted by molar-refractivity contribution is 9.11. The number of benzene rings is 1. The lowest BCUT2D eigenvalue weighted by atomic mass is 10.3. The standard InChI is InChI=1S/C10H11Br2NO3/c1-3-16-10(14)13-8-5-9(15-2)7(12)4-6(8)11/h4-5H,3H2,1-2H3,(H,13,14). The number of ether oxygens (including phenoxy) is 2. The van der Waals surface area contributed by atoms with Crippen molar-refractivity contribution in [2.45, 2.75) is 6.92 Å². The minimum atomic E-state index is -0.493. The second-order valence-electron chi connectivity index (χ2n) is 2.81. The molecular weight excluding hydrogens is 342 g/mol. The quantitative estimate of drug-likeness (QED) is 0.900. The fourth-order valence-corrected chi connectivity index (χ4v) is 2.31. The molecule has 0 aliphatic rings. The van der Waals surface area contributed by atoms with Crippen LogP contribution in [0.2, 0.25) is 0 Å². The zero-order valence-electron chi connectivity index (χ0n) is 8.84. The van der Waals surface area contributed by atoms with Crippen molar-refractivity contribution in [2.75, 3.05) is 19.0 Å². The van der Waals surface area contributed by atoms with E-state index in [1.54, 1.807) is 26.2 Å². The molecule has 88 valence electrons. The summed E-state index contributed by atoms with van der Waals surface area (Å²) >= 11 is 6.67. The van der Waals surface area contributed by atoms with Gasteiger partial charge >= 0.3 is 6.09 Å². The van der Waals surface area contributed by atoms with Crippen LogP contribution in [0, 0.1) is 0 Å². The first-order valence-electron chi connectivity index (χ1n) is 4.55.